The first-order valence-corrected chi connectivity index (χ1v) is 8.44. The Kier molecular flexibility index (Phi) is 4.52. The van der Waals surface area contributed by atoms with Gasteiger partial charge in [0.1, 0.15) is 11.1 Å². The zero-order chi connectivity index (χ0) is 15.7. The van der Waals surface area contributed by atoms with Gasteiger partial charge in [-0.2, -0.15) is 0 Å². The maximum Gasteiger partial charge on any atom is 0.238 e. The number of nitrogens with zero attached hydrogens (tertiary/aromatic N) is 1. The van der Waals surface area contributed by atoms with Gasteiger partial charge in [-0.25, -0.2) is 0 Å². The molecule has 1 heterocycles. The molecular weight excluding hydrogens is 341 g/mol. The van der Waals surface area contributed by atoms with Crippen molar-refractivity contribution in [3.8, 4) is 5.75 Å². The second-order valence-electron chi connectivity index (χ2n) is 4.76. The molecule has 6 heteroatoms. The Hall–Kier alpha value is -1.36. The molecule has 1 fully saturated rings. The number of anilines is 1. The zero-order valence-corrected chi connectivity index (χ0v) is 14.1. The fourth-order valence-electron chi connectivity index (χ4n) is 2.45. The van der Waals surface area contributed by atoms with E-state index in [1.165, 1.54) is 11.8 Å². The molecule has 0 spiro atoms. The molecule has 2 aromatic carbocycles. The number of benzene rings is 2. The number of thioether (sulfide) groups is 1. The number of hydrogen-bond acceptors (Lipinski definition) is 3. The number of halogens is 2. The standard InChI is InChI=1S/C16H13Cl2NO2S/c1-21-14-5-3-2-4-13(14)19-15(20)9-22-16(19)11-7-6-10(17)8-12(11)18/h2-8,16H,9H2,1H3/t16-/m0/s1. The van der Waals surface area contributed by atoms with Crippen molar-refractivity contribution in [1.29, 1.82) is 0 Å². The van der Waals surface area contributed by atoms with Crippen LogP contribution in [0.3, 0.4) is 0 Å². The molecule has 0 N–H and O–H groups in total. The van der Waals surface area contributed by atoms with Crippen LogP contribution in [0.4, 0.5) is 5.69 Å². The van der Waals surface area contributed by atoms with Crippen LogP contribution in [-0.4, -0.2) is 18.8 Å². The van der Waals surface area contributed by atoms with Gasteiger partial charge in [-0.1, -0.05) is 41.4 Å². The van der Waals surface area contributed by atoms with Gasteiger partial charge in [-0.15, -0.1) is 11.8 Å². The van der Waals surface area contributed by atoms with Crippen molar-refractivity contribution in [3.63, 3.8) is 0 Å². The van der Waals surface area contributed by atoms with E-state index in [1.54, 1.807) is 24.1 Å². The van der Waals surface area contributed by atoms with E-state index in [9.17, 15) is 4.79 Å². The van der Waals surface area contributed by atoms with Gasteiger partial charge in [0.05, 0.1) is 18.6 Å². The van der Waals surface area contributed by atoms with Crippen molar-refractivity contribution in [1.82, 2.24) is 0 Å². The minimum absolute atomic E-state index is 0.0329. The lowest BCUT2D eigenvalue weighted by Gasteiger charge is -2.26. The highest BCUT2D eigenvalue weighted by molar-refractivity contribution is 8.00. The largest absolute Gasteiger partial charge is 0.495 e. The quantitative estimate of drug-likeness (QED) is 0.794. The molecule has 3 rings (SSSR count). The number of ether oxygens (including phenoxy) is 1. The molecule has 22 heavy (non-hydrogen) atoms. The number of rotatable bonds is 3. The normalized spacial score (nSPS) is 17.9. The maximum atomic E-state index is 12.4. The van der Waals surface area contributed by atoms with E-state index in [0.29, 0.717) is 21.5 Å². The minimum atomic E-state index is -0.187. The van der Waals surface area contributed by atoms with Crippen LogP contribution in [-0.2, 0) is 4.79 Å². The molecule has 1 atom stereocenters. The molecule has 3 nitrogen and oxygen atoms in total. The van der Waals surface area contributed by atoms with Crippen molar-refractivity contribution in [3.05, 3.63) is 58.1 Å². The first kappa shape index (κ1) is 15.5. The smallest absolute Gasteiger partial charge is 0.238 e. The molecule has 1 saturated heterocycles. The average molecular weight is 354 g/mol. The van der Waals surface area contributed by atoms with E-state index in [4.69, 9.17) is 27.9 Å². The predicted octanol–water partition coefficient (Wildman–Crippen LogP) is 4.78. The molecule has 0 aromatic heterocycles. The third-order valence-electron chi connectivity index (χ3n) is 3.44. The molecule has 0 radical (unpaired) electrons. The second kappa shape index (κ2) is 6.41. The van der Waals surface area contributed by atoms with Crippen LogP contribution in [0.1, 0.15) is 10.9 Å². The number of para-hydroxylation sites is 2. The highest BCUT2D eigenvalue weighted by Crippen LogP contribution is 2.46. The van der Waals surface area contributed by atoms with E-state index in [1.807, 2.05) is 30.3 Å². The first-order valence-electron chi connectivity index (χ1n) is 6.63. The summed E-state index contributed by atoms with van der Waals surface area (Å²) >= 11 is 13.8. The van der Waals surface area contributed by atoms with Crippen LogP contribution < -0.4 is 9.64 Å². The summed E-state index contributed by atoms with van der Waals surface area (Å²) in [6.45, 7) is 0. The maximum absolute atomic E-state index is 12.4. The number of carbonyl (C=O) groups excluding carboxylic acids is 1. The van der Waals surface area contributed by atoms with Gasteiger partial charge >= 0.3 is 0 Å². The Balaban J connectivity index is 2.06. The van der Waals surface area contributed by atoms with Gasteiger partial charge in [-0.05, 0) is 24.3 Å². The van der Waals surface area contributed by atoms with Crippen molar-refractivity contribution < 1.29 is 9.53 Å². The summed E-state index contributed by atoms with van der Waals surface area (Å²) in [7, 11) is 1.59. The average Bonchev–Trinajstić information content (AvgIpc) is 2.88. The van der Waals surface area contributed by atoms with E-state index < -0.39 is 0 Å². The summed E-state index contributed by atoms with van der Waals surface area (Å²) in [5.41, 5.74) is 1.61. The molecule has 0 bridgehead atoms. The Labute approximate surface area is 143 Å². The first-order chi connectivity index (χ1) is 10.6. The molecule has 1 aliphatic heterocycles. The van der Waals surface area contributed by atoms with E-state index in [0.717, 1.165) is 11.3 Å². The van der Waals surface area contributed by atoms with Gasteiger partial charge in [0.15, 0.2) is 0 Å². The Morgan fingerprint density at radius 2 is 2.00 bits per heavy atom. The van der Waals surface area contributed by atoms with Crippen molar-refractivity contribution >= 4 is 46.6 Å². The SMILES string of the molecule is COc1ccccc1N1C(=O)CS[C@H]1c1ccc(Cl)cc1Cl. The van der Waals surface area contributed by atoms with E-state index in [-0.39, 0.29) is 11.3 Å². The van der Waals surface area contributed by atoms with Crippen LogP contribution in [0, 0.1) is 0 Å². The number of amides is 1. The van der Waals surface area contributed by atoms with Crippen LogP contribution in [0.2, 0.25) is 10.0 Å². The van der Waals surface area contributed by atoms with Crippen molar-refractivity contribution in [2.45, 2.75) is 5.37 Å². The predicted molar refractivity (Wildman–Crippen MR) is 92.1 cm³/mol. The van der Waals surface area contributed by atoms with Crippen LogP contribution in [0.15, 0.2) is 42.5 Å². The monoisotopic (exact) mass is 353 g/mol. The highest BCUT2D eigenvalue weighted by Gasteiger charge is 2.36. The molecule has 1 amide bonds. The van der Waals surface area contributed by atoms with Gasteiger partial charge in [-0.3, -0.25) is 9.69 Å². The Morgan fingerprint density at radius 1 is 1.23 bits per heavy atom. The van der Waals surface area contributed by atoms with Crippen LogP contribution in [0.25, 0.3) is 0 Å². The molecule has 0 aliphatic carbocycles. The fraction of sp³-hybridized carbons (Fsp3) is 0.188. The summed E-state index contributed by atoms with van der Waals surface area (Å²) in [4.78, 5) is 14.1. The lowest BCUT2D eigenvalue weighted by Crippen LogP contribution is -2.28. The molecule has 0 unspecified atom stereocenters. The lowest BCUT2D eigenvalue weighted by molar-refractivity contribution is -0.115. The molecule has 0 saturated carbocycles. The van der Waals surface area contributed by atoms with Crippen molar-refractivity contribution in [2.24, 2.45) is 0 Å². The summed E-state index contributed by atoms with van der Waals surface area (Å²) in [5, 5.41) is 0.945. The highest BCUT2D eigenvalue weighted by atomic mass is 35.5. The van der Waals surface area contributed by atoms with Gasteiger partial charge in [0.2, 0.25) is 5.91 Å². The topological polar surface area (TPSA) is 29.5 Å². The van der Waals surface area contributed by atoms with Gasteiger partial charge < -0.3 is 4.74 Å². The summed E-state index contributed by atoms with van der Waals surface area (Å²) in [5.74, 6) is 1.10. The lowest BCUT2D eigenvalue weighted by atomic mass is 10.1. The Bertz CT molecular complexity index is 723. The summed E-state index contributed by atoms with van der Waals surface area (Å²) in [6.07, 6.45) is 0. The molecule has 2 aromatic rings. The van der Waals surface area contributed by atoms with Crippen molar-refractivity contribution in [2.75, 3.05) is 17.8 Å². The number of hydrogen-bond donors (Lipinski definition) is 0. The van der Waals surface area contributed by atoms with Crippen LogP contribution >= 0.6 is 35.0 Å². The van der Waals surface area contributed by atoms with Gasteiger partial charge in [0, 0.05) is 15.6 Å². The molecule has 114 valence electrons. The third kappa shape index (κ3) is 2.78. The third-order valence-corrected chi connectivity index (χ3v) is 5.20. The number of carbonyl (C=O) groups is 1. The fourth-order valence-corrected chi connectivity index (χ4v) is 4.23. The minimum Gasteiger partial charge on any atom is -0.495 e. The second-order valence-corrected chi connectivity index (χ2v) is 6.68. The molecule has 1 aliphatic rings. The van der Waals surface area contributed by atoms with Crippen LogP contribution in [0.5, 0.6) is 5.75 Å². The molecular formula is C16H13Cl2NO2S. The summed E-state index contributed by atoms with van der Waals surface area (Å²) in [6, 6.07) is 12.8. The zero-order valence-electron chi connectivity index (χ0n) is 11.8. The van der Waals surface area contributed by atoms with Gasteiger partial charge in [0.25, 0.3) is 0 Å². The Morgan fingerprint density at radius 3 is 2.73 bits per heavy atom. The number of methoxy groups -OCH3 is 1. The van der Waals surface area contributed by atoms with E-state index >= 15 is 0 Å². The summed E-state index contributed by atoms with van der Waals surface area (Å²) < 4.78 is 5.38. The van der Waals surface area contributed by atoms with E-state index in [2.05, 4.69) is 0 Å².